The normalized spacial score (nSPS) is 44.7. The van der Waals surface area contributed by atoms with Crippen molar-refractivity contribution in [3.05, 3.63) is 0 Å². The number of carbonyl (C=O) groups excluding carboxylic acids is 1. The number of aliphatic hydroxyl groups is 8. The molecule has 3 fully saturated rings. The molecule has 3 rings (SSSR count). The van der Waals surface area contributed by atoms with E-state index in [1.54, 1.807) is 0 Å². The van der Waals surface area contributed by atoms with Crippen molar-refractivity contribution in [3.8, 4) is 0 Å². The molecular formula is C25H49N5O13. The molecule has 0 amide bonds. The van der Waals surface area contributed by atoms with Gasteiger partial charge in [-0.15, -0.1) is 0 Å². The summed E-state index contributed by atoms with van der Waals surface area (Å²) in [7, 11) is 0. The summed E-state index contributed by atoms with van der Waals surface area (Å²) in [5, 5.41) is 84.9. The molecule has 0 radical (unpaired) electrons. The number of ketones is 1. The van der Waals surface area contributed by atoms with E-state index in [0.29, 0.717) is 13.0 Å². The third kappa shape index (κ3) is 8.63. The predicted molar refractivity (Wildman–Crippen MR) is 145 cm³/mol. The molecule has 0 aromatic carbocycles. The highest BCUT2D eigenvalue weighted by atomic mass is 16.7. The molecule has 0 spiro atoms. The van der Waals surface area contributed by atoms with Crippen LogP contribution in [0.25, 0.3) is 0 Å². The average Bonchev–Trinajstić information content (AvgIpc) is 2.99. The number of carbonyl (C=O) groups is 1. The van der Waals surface area contributed by atoms with Crippen LogP contribution in [0, 0.1) is 5.92 Å². The molecule has 0 aromatic heterocycles. The van der Waals surface area contributed by atoms with E-state index in [1.165, 1.54) is 0 Å². The highest BCUT2D eigenvalue weighted by molar-refractivity contribution is 5.83. The summed E-state index contributed by atoms with van der Waals surface area (Å²) in [6.45, 7) is -0.549. The predicted octanol–water partition coefficient (Wildman–Crippen LogP) is -7.74. The smallest absolute Gasteiger partial charge is 0.186 e. The Kier molecular flexibility index (Phi) is 14.0. The zero-order chi connectivity index (χ0) is 32.0. The molecule has 0 bridgehead atoms. The molecule has 18 heteroatoms. The molecule has 2 aliphatic heterocycles. The van der Waals surface area contributed by atoms with Gasteiger partial charge in [0.15, 0.2) is 18.4 Å². The molecule has 2 saturated heterocycles. The summed E-state index contributed by atoms with van der Waals surface area (Å²) in [5.74, 6) is -1.49. The largest absolute Gasteiger partial charge is 0.396 e. The van der Waals surface area contributed by atoms with Gasteiger partial charge in [-0.1, -0.05) is 0 Å². The second-order valence-corrected chi connectivity index (χ2v) is 11.4. The van der Waals surface area contributed by atoms with Crippen LogP contribution in [0.1, 0.15) is 19.3 Å². The monoisotopic (exact) mass is 627 g/mol. The van der Waals surface area contributed by atoms with Crippen molar-refractivity contribution in [2.24, 2.45) is 28.9 Å². The zero-order valence-corrected chi connectivity index (χ0v) is 23.8. The van der Waals surface area contributed by atoms with E-state index in [0.717, 1.165) is 0 Å². The molecule has 18 nitrogen and oxygen atoms in total. The van der Waals surface area contributed by atoms with Gasteiger partial charge < -0.3 is 88.1 Å². The van der Waals surface area contributed by atoms with Crippen LogP contribution in [0.4, 0.5) is 0 Å². The molecular weight excluding hydrogens is 578 g/mol. The second kappa shape index (κ2) is 16.5. The lowest BCUT2D eigenvalue weighted by molar-refractivity contribution is -0.323. The van der Waals surface area contributed by atoms with Crippen LogP contribution < -0.4 is 28.3 Å². The fourth-order valence-electron chi connectivity index (χ4n) is 5.67. The van der Waals surface area contributed by atoms with Crippen molar-refractivity contribution < 1.29 is 64.6 Å². The van der Waals surface area contributed by atoms with Crippen molar-refractivity contribution in [2.75, 3.05) is 32.8 Å². The third-order valence-electron chi connectivity index (χ3n) is 8.32. The third-order valence-corrected chi connectivity index (χ3v) is 8.32. The Bertz CT molecular complexity index is 864. The Morgan fingerprint density at radius 3 is 2.14 bits per heavy atom. The lowest BCUT2D eigenvalue weighted by Gasteiger charge is -2.49. The Hall–Kier alpha value is -1.01. The maximum Gasteiger partial charge on any atom is 0.186 e. The number of hydrogen-bond donors (Lipinski definition) is 13. The van der Waals surface area contributed by atoms with Crippen molar-refractivity contribution in [1.29, 1.82) is 0 Å². The van der Waals surface area contributed by atoms with Gasteiger partial charge in [0.1, 0.15) is 54.9 Å². The van der Waals surface area contributed by atoms with Crippen molar-refractivity contribution in [3.63, 3.8) is 0 Å². The van der Waals surface area contributed by atoms with Crippen LogP contribution in [0.15, 0.2) is 0 Å². The average molecular weight is 628 g/mol. The second-order valence-electron chi connectivity index (χ2n) is 11.4. The van der Waals surface area contributed by atoms with Gasteiger partial charge in [-0.05, 0) is 25.3 Å². The summed E-state index contributed by atoms with van der Waals surface area (Å²) < 4.78 is 23.3. The highest BCUT2D eigenvalue weighted by Crippen LogP contribution is 2.36. The van der Waals surface area contributed by atoms with Crippen LogP contribution >= 0.6 is 0 Å². The lowest BCUT2D eigenvalue weighted by atomic mass is 9.76. The van der Waals surface area contributed by atoms with Crippen LogP contribution in [0.3, 0.4) is 0 Å². The number of Topliss-reactive ketones (excluding diaryl/α,β-unsaturated/α-hetero) is 1. The summed E-state index contributed by atoms with van der Waals surface area (Å²) in [6, 6.07) is -3.49. The van der Waals surface area contributed by atoms with Crippen molar-refractivity contribution >= 4 is 5.78 Å². The zero-order valence-electron chi connectivity index (χ0n) is 23.8. The van der Waals surface area contributed by atoms with Crippen molar-refractivity contribution in [1.82, 2.24) is 5.32 Å². The van der Waals surface area contributed by atoms with E-state index in [-0.39, 0.29) is 32.5 Å². The van der Waals surface area contributed by atoms with Gasteiger partial charge >= 0.3 is 0 Å². The van der Waals surface area contributed by atoms with Crippen LogP contribution in [-0.2, 0) is 23.7 Å². The molecule has 1 unspecified atom stereocenters. The van der Waals surface area contributed by atoms with Gasteiger partial charge in [-0.25, -0.2) is 0 Å². The minimum Gasteiger partial charge on any atom is -0.396 e. The topological polar surface area (TPSA) is 332 Å². The lowest BCUT2D eigenvalue weighted by Crippen LogP contribution is -2.68. The van der Waals surface area contributed by atoms with E-state index in [1.807, 2.05) is 0 Å². The van der Waals surface area contributed by atoms with Crippen LogP contribution in [0.5, 0.6) is 0 Å². The van der Waals surface area contributed by atoms with Crippen molar-refractivity contribution in [2.45, 2.75) is 111 Å². The first-order valence-electron chi connectivity index (χ1n) is 14.5. The van der Waals surface area contributed by atoms with Gasteiger partial charge in [0.25, 0.3) is 0 Å². The number of ether oxygens (including phenoxy) is 4. The number of nitrogens with two attached hydrogens (primary N) is 4. The molecule has 1 saturated carbocycles. The Morgan fingerprint density at radius 1 is 0.860 bits per heavy atom. The summed E-state index contributed by atoms with van der Waals surface area (Å²) in [4.78, 5) is 12.6. The van der Waals surface area contributed by atoms with Crippen LogP contribution in [0.2, 0.25) is 0 Å². The summed E-state index contributed by atoms with van der Waals surface area (Å²) in [6.07, 6.45) is -16.5. The molecule has 252 valence electrons. The van der Waals surface area contributed by atoms with Gasteiger partial charge in [0.05, 0.1) is 24.8 Å². The molecule has 43 heavy (non-hydrogen) atoms. The molecule has 2 heterocycles. The van der Waals surface area contributed by atoms with E-state index < -0.39 is 110 Å². The maximum atomic E-state index is 12.6. The Morgan fingerprint density at radius 2 is 1.51 bits per heavy atom. The maximum absolute atomic E-state index is 12.6. The van der Waals surface area contributed by atoms with Gasteiger partial charge in [0, 0.05) is 32.2 Å². The highest BCUT2D eigenvalue weighted by Gasteiger charge is 2.52. The standard InChI is InChI=1S/C25H49N5O13/c26-6-12(34)11(33)5-9-4-10(27)23(21(39)22(9)42-25-20(38)15(28)17(35)14(8-32)41-25)43-24-16(29)19(37)18(36)13(40-24)7-30-2-1-3-31/h9-10,12-25,30-32,34-39H,1-8,26-29H2/t9-,10-,12-,13+,14+,15-,16+,17+,18+,19+,20+,21+,22-,23?,24+,25+/m0/s1. The Balaban J connectivity index is 1.81. The molecule has 0 aromatic rings. The molecule has 16 atom stereocenters. The summed E-state index contributed by atoms with van der Waals surface area (Å²) >= 11 is 0. The first kappa shape index (κ1) is 36.5. The van der Waals surface area contributed by atoms with Gasteiger partial charge in [-0.3, -0.25) is 4.79 Å². The SMILES string of the molecule is NC[C@H](O)C(=O)C[C@@H]1C[C@H](N)C(O[C@H]2O[C@H](CNCCCO)[C@@H](O)[C@H](O)[C@H]2N)[C@H](O)[C@H]1O[C@H]1O[C@H](CO)[C@@H](O)[C@H](N)[C@H]1O. The first-order valence-corrected chi connectivity index (χ1v) is 14.5. The fraction of sp³-hybridized carbons (Fsp3) is 0.960. The number of nitrogens with one attached hydrogen (secondary N) is 1. The molecule has 1 aliphatic carbocycles. The number of rotatable bonds is 14. The van der Waals surface area contributed by atoms with Gasteiger partial charge in [-0.2, -0.15) is 0 Å². The van der Waals surface area contributed by atoms with E-state index in [2.05, 4.69) is 5.32 Å². The molecule has 17 N–H and O–H groups in total. The van der Waals surface area contributed by atoms with Crippen LogP contribution in [-0.4, -0.2) is 171 Å². The van der Waals surface area contributed by atoms with Gasteiger partial charge in [0.2, 0.25) is 0 Å². The Labute approximate surface area is 248 Å². The van der Waals surface area contributed by atoms with E-state index in [9.17, 15) is 40.5 Å². The molecule has 3 aliphatic rings. The number of aliphatic hydroxyl groups excluding tert-OH is 8. The number of hydrogen-bond acceptors (Lipinski definition) is 18. The quantitative estimate of drug-likeness (QED) is 0.0795. The first-order chi connectivity index (χ1) is 20.4. The summed E-state index contributed by atoms with van der Waals surface area (Å²) in [5.41, 5.74) is 23.8. The minimum atomic E-state index is -1.62. The van der Waals surface area contributed by atoms with E-state index >= 15 is 0 Å². The minimum absolute atomic E-state index is 0.00434. The fourth-order valence-corrected chi connectivity index (χ4v) is 5.67. The van der Waals surface area contributed by atoms with E-state index in [4.69, 9.17) is 47.0 Å².